The molecule has 0 aromatic heterocycles. The zero-order valence-corrected chi connectivity index (χ0v) is 19.2. The van der Waals surface area contributed by atoms with Gasteiger partial charge in [-0.1, -0.05) is 71.0 Å². The van der Waals surface area contributed by atoms with E-state index in [2.05, 4.69) is 65.8 Å². The molecule has 0 fully saturated rings. The highest BCUT2D eigenvalue weighted by Crippen LogP contribution is 2.41. The van der Waals surface area contributed by atoms with Crippen LogP contribution in [0.15, 0.2) is 24.3 Å². The van der Waals surface area contributed by atoms with Gasteiger partial charge in [-0.05, 0) is 49.4 Å². The number of hydrogen-bond donors (Lipinski definition) is 1. The zero-order chi connectivity index (χ0) is 20.3. The molecule has 1 atom stereocenters. The Morgan fingerprint density at radius 1 is 1.04 bits per heavy atom. The average molecular weight is 378 g/mol. The second-order valence-electron chi connectivity index (χ2n) is 9.44. The van der Waals surface area contributed by atoms with Crippen LogP contribution < -0.4 is 10.9 Å². The van der Waals surface area contributed by atoms with Crippen LogP contribution in [0.1, 0.15) is 67.9 Å². The lowest BCUT2D eigenvalue weighted by Gasteiger charge is -2.44. The molecule has 0 saturated heterocycles. The van der Waals surface area contributed by atoms with Gasteiger partial charge in [-0.15, -0.1) is 0 Å². The van der Waals surface area contributed by atoms with Crippen molar-refractivity contribution in [2.24, 2.45) is 5.73 Å². The van der Waals surface area contributed by atoms with Crippen LogP contribution in [0, 0.1) is 0 Å². The SMILES string of the molecule is CC(C)[Si](c1cccc(CC(N)C(=O)OC(C)(C)C)c1)(C(C)C)C(C)C. The van der Waals surface area contributed by atoms with Crippen LogP contribution in [0.2, 0.25) is 16.6 Å². The summed E-state index contributed by atoms with van der Waals surface area (Å²) in [6.45, 7) is 19.8. The van der Waals surface area contributed by atoms with E-state index in [0.29, 0.717) is 23.0 Å². The Bertz CT molecular complexity index is 581. The van der Waals surface area contributed by atoms with Crippen molar-refractivity contribution in [3.05, 3.63) is 29.8 Å². The first-order valence-corrected chi connectivity index (χ1v) is 12.1. The maximum Gasteiger partial charge on any atom is 0.323 e. The van der Waals surface area contributed by atoms with Crippen molar-refractivity contribution in [1.29, 1.82) is 0 Å². The Labute approximate surface area is 161 Å². The third-order valence-corrected chi connectivity index (χ3v) is 12.5. The van der Waals surface area contributed by atoms with E-state index >= 15 is 0 Å². The lowest BCUT2D eigenvalue weighted by molar-refractivity contribution is -0.156. The first kappa shape index (κ1) is 22.9. The van der Waals surface area contributed by atoms with Gasteiger partial charge in [0.1, 0.15) is 11.6 Å². The molecular weight excluding hydrogens is 338 g/mol. The topological polar surface area (TPSA) is 52.3 Å². The van der Waals surface area contributed by atoms with Crippen LogP contribution in [-0.2, 0) is 16.0 Å². The van der Waals surface area contributed by atoms with Crippen molar-refractivity contribution in [2.75, 3.05) is 0 Å². The predicted octanol–water partition coefficient (Wildman–Crippen LogP) is 4.78. The summed E-state index contributed by atoms with van der Waals surface area (Å²) in [5, 5.41) is 1.48. The molecule has 1 aromatic rings. The van der Waals surface area contributed by atoms with E-state index < -0.39 is 19.7 Å². The summed E-state index contributed by atoms with van der Waals surface area (Å²) in [6.07, 6.45) is 0.515. The van der Waals surface area contributed by atoms with Crippen LogP contribution >= 0.6 is 0 Å². The number of hydrogen-bond acceptors (Lipinski definition) is 3. The number of ether oxygens (including phenoxy) is 1. The van der Waals surface area contributed by atoms with Crippen molar-refractivity contribution in [2.45, 2.75) is 97.0 Å². The summed E-state index contributed by atoms with van der Waals surface area (Å²) in [5.74, 6) is -0.331. The van der Waals surface area contributed by atoms with Gasteiger partial charge in [-0.3, -0.25) is 4.79 Å². The van der Waals surface area contributed by atoms with E-state index in [1.54, 1.807) is 0 Å². The van der Waals surface area contributed by atoms with Gasteiger partial charge in [0.25, 0.3) is 0 Å². The minimum absolute atomic E-state index is 0.331. The first-order chi connectivity index (χ1) is 11.8. The molecule has 1 unspecified atom stereocenters. The van der Waals surface area contributed by atoms with Crippen molar-refractivity contribution in [1.82, 2.24) is 0 Å². The van der Waals surface area contributed by atoms with Gasteiger partial charge in [0, 0.05) is 0 Å². The maximum atomic E-state index is 12.2. The molecule has 0 radical (unpaired) electrons. The third kappa shape index (κ3) is 5.20. The van der Waals surface area contributed by atoms with E-state index in [4.69, 9.17) is 10.5 Å². The molecule has 1 rings (SSSR count). The van der Waals surface area contributed by atoms with Crippen LogP contribution in [0.25, 0.3) is 0 Å². The number of benzene rings is 1. The van der Waals surface area contributed by atoms with Crippen molar-refractivity contribution in [3.63, 3.8) is 0 Å². The molecule has 26 heavy (non-hydrogen) atoms. The summed E-state index contributed by atoms with van der Waals surface area (Å²) < 4.78 is 5.43. The van der Waals surface area contributed by atoms with E-state index in [-0.39, 0.29) is 5.97 Å². The fourth-order valence-electron chi connectivity index (χ4n) is 4.68. The maximum absolute atomic E-state index is 12.2. The quantitative estimate of drug-likeness (QED) is 0.549. The summed E-state index contributed by atoms with van der Waals surface area (Å²) in [6, 6.07) is 8.16. The van der Waals surface area contributed by atoms with Gasteiger partial charge < -0.3 is 10.5 Å². The van der Waals surface area contributed by atoms with Gasteiger partial charge in [-0.25, -0.2) is 0 Å². The van der Waals surface area contributed by atoms with Gasteiger partial charge in [0.15, 0.2) is 0 Å². The number of esters is 1. The van der Waals surface area contributed by atoms with Crippen molar-refractivity contribution >= 4 is 19.2 Å². The highest BCUT2D eigenvalue weighted by molar-refractivity contribution is 6.95. The zero-order valence-electron chi connectivity index (χ0n) is 18.2. The minimum Gasteiger partial charge on any atom is -0.459 e. The van der Waals surface area contributed by atoms with Crippen LogP contribution in [-0.4, -0.2) is 25.7 Å². The largest absolute Gasteiger partial charge is 0.459 e. The second-order valence-corrected chi connectivity index (χ2v) is 15.3. The highest BCUT2D eigenvalue weighted by Gasteiger charge is 2.44. The molecule has 0 amide bonds. The van der Waals surface area contributed by atoms with Gasteiger partial charge >= 0.3 is 5.97 Å². The molecule has 0 aliphatic carbocycles. The Morgan fingerprint density at radius 2 is 1.54 bits per heavy atom. The molecule has 0 heterocycles. The Balaban J connectivity index is 3.16. The summed E-state index contributed by atoms with van der Waals surface area (Å²) >= 11 is 0. The molecule has 3 nitrogen and oxygen atoms in total. The van der Waals surface area contributed by atoms with E-state index in [0.717, 1.165) is 5.56 Å². The molecule has 0 aliphatic rings. The van der Waals surface area contributed by atoms with Crippen molar-refractivity contribution < 1.29 is 9.53 Å². The summed E-state index contributed by atoms with van der Waals surface area (Å²) in [5.41, 5.74) is 8.70. The van der Waals surface area contributed by atoms with Crippen LogP contribution in [0.3, 0.4) is 0 Å². The van der Waals surface area contributed by atoms with E-state index in [1.807, 2.05) is 20.8 Å². The van der Waals surface area contributed by atoms with Crippen LogP contribution in [0.5, 0.6) is 0 Å². The van der Waals surface area contributed by atoms with Gasteiger partial charge in [0.2, 0.25) is 0 Å². The molecule has 148 valence electrons. The molecular formula is C22H39NO2Si. The molecule has 0 bridgehead atoms. The molecule has 0 spiro atoms. The van der Waals surface area contributed by atoms with E-state index in [9.17, 15) is 4.79 Å². The monoisotopic (exact) mass is 377 g/mol. The van der Waals surface area contributed by atoms with Gasteiger partial charge in [-0.2, -0.15) is 0 Å². The number of nitrogens with two attached hydrogens (primary N) is 1. The Kier molecular flexibility index (Phi) is 7.67. The normalized spacial score (nSPS) is 14.2. The molecule has 1 aromatic carbocycles. The Hall–Kier alpha value is -1.13. The average Bonchev–Trinajstić information content (AvgIpc) is 2.45. The highest BCUT2D eigenvalue weighted by atomic mass is 28.3. The summed E-state index contributed by atoms with van der Waals surface area (Å²) in [7, 11) is -1.71. The lowest BCUT2D eigenvalue weighted by Crippen LogP contribution is -2.55. The lowest BCUT2D eigenvalue weighted by atomic mass is 10.1. The van der Waals surface area contributed by atoms with Crippen molar-refractivity contribution in [3.8, 4) is 0 Å². The molecule has 0 saturated carbocycles. The smallest absolute Gasteiger partial charge is 0.323 e. The number of carbonyl (C=O) groups is 1. The summed E-state index contributed by atoms with van der Waals surface area (Å²) in [4.78, 5) is 12.2. The standard InChI is InChI=1S/C22H39NO2Si/c1-15(2)26(16(3)4,17(5)6)19-12-10-11-18(13-19)14-20(23)21(24)25-22(7,8)9/h10-13,15-17,20H,14,23H2,1-9H3. The number of carbonyl (C=O) groups excluding carboxylic acids is 1. The molecule has 0 aliphatic heterocycles. The van der Waals surface area contributed by atoms with Crippen LogP contribution in [0.4, 0.5) is 0 Å². The Morgan fingerprint density at radius 3 is 1.96 bits per heavy atom. The third-order valence-electron chi connectivity index (χ3n) is 5.46. The van der Waals surface area contributed by atoms with E-state index in [1.165, 1.54) is 5.19 Å². The predicted molar refractivity (Wildman–Crippen MR) is 115 cm³/mol. The molecule has 2 N–H and O–H groups in total. The first-order valence-electron chi connectivity index (χ1n) is 9.90. The number of rotatable bonds is 7. The fourth-order valence-corrected chi connectivity index (χ4v) is 11.5. The molecule has 4 heteroatoms. The van der Waals surface area contributed by atoms with Gasteiger partial charge in [0.05, 0.1) is 8.07 Å². The fraction of sp³-hybridized carbons (Fsp3) is 0.682. The second kappa shape index (κ2) is 8.70. The minimum atomic E-state index is -1.71.